The lowest BCUT2D eigenvalue weighted by Gasteiger charge is -1.52. The summed E-state index contributed by atoms with van der Waals surface area (Å²) in [6, 6.07) is 0. The van der Waals surface area contributed by atoms with E-state index in [4.69, 9.17) is 0 Å². The molecule has 0 heterocycles. The first kappa shape index (κ1) is 1.78. The Hall–Kier alpha value is -0.510. The highest BCUT2D eigenvalue weighted by atomic mass is 19.1. The maximum atomic E-state index is 10.9. The highest BCUT2D eigenvalue weighted by Crippen LogP contribution is 1.93. The van der Waals surface area contributed by atoms with Gasteiger partial charge in [0.1, 0.15) is 0 Å². The quantitative estimate of drug-likeness (QED) is 0.351. The fourth-order valence-electron chi connectivity index (χ4n) is 0.0315. The van der Waals surface area contributed by atoms with Crippen LogP contribution in [0.4, 0.5) is 4.39 Å². The van der Waals surface area contributed by atoms with Gasteiger partial charge in [-0.2, -0.15) is 0 Å². The number of rotatable bonds is 0. The summed E-state index contributed by atoms with van der Waals surface area (Å²) in [7, 11) is 0. The lowest BCUT2D eigenvalue weighted by Crippen LogP contribution is -1.61. The second kappa shape index (κ2) is 0.274. The number of hydrogen-bond donors (Lipinski definition) is 0. The molecule has 0 amide bonds. The normalized spacial score (nSPS) is 18.2. The first-order valence-corrected chi connectivity index (χ1v) is 1.05. The van der Waals surface area contributed by atoms with Gasteiger partial charge < -0.3 is 0 Å². The third-order valence-electron chi connectivity index (χ3n) is 0.253. The molecule has 1 rings (SSSR count). The van der Waals surface area contributed by atoms with Gasteiger partial charge in [0.05, 0.1) is 0 Å². The maximum absolute atomic E-state index is 10.9. The van der Waals surface area contributed by atoms with E-state index in [2.05, 4.69) is 11.8 Å². The Morgan fingerprint density at radius 1 is 1.50 bits per heavy atom. The molecule has 0 atom stereocenters. The van der Waals surface area contributed by atoms with Gasteiger partial charge in [0.25, 0.3) is 0 Å². The van der Waals surface area contributed by atoms with Gasteiger partial charge in [-0.1, -0.05) is 0 Å². The van der Waals surface area contributed by atoms with Crippen LogP contribution in [0, 0.1) is 11.8 Å². The van der Waals surface area contributed by atoms with Crippen LogP contribution >= 0.6 is 0 Å². The van der Waals surface area contributed by atoms with E-state index in [0.717, 1.165) is 0 Å². The molecule has 4 heavy (non-hydrogen) atoms. The second-order valence-corrected chi connectivity index (χ2v) is 0.651. The summed E-state index contributed by atoms with van der Waals surface area (Å²) in [5, 5.41) is 0. The summed E-state index contributed by atoms with van der Waals surface area (Å²) >= 11 is 0. The summed E-state index contributed by atoms with van der Waals surface area (Å²) in [5.74, 6) is 4.36. The minimum atomic E-state index is -0.917. The molecule has 0 fully saturated rings. The summed E-state index contributed by atoms with van der Waals surface area (Å²) in [5.41, 5.74) is 0. The average Bonchev–Trinajstić information content (AvgIpc) is 1.75. The lowest BCUT2D eigenvalue weighted by atomic mass is 10.8. The predicted molar refractivity (Wildman–Crippen MR) is 12.7 cm³/mol. The Balaban J connectivity index is 2.38. The Bertz CT molecular complexity index is 67.0. The molecular formula is C3HF. The van der Waals surface area contributed by atoms with Crippen LogP contribution in [0.15, 0.2) is 0 Å². The Labute approximate surface area is 23.6 Å². The molecule has 0 aromatic rings. The zero-order chi connectivity index (χ0) is 2.99. The highest BCUT2D eigenvalue weighted by molar-refractivity contribution is 5.32. The summed E-state index contributed by atoms with van der Waals surface area (Å²) in [6.07, 6.45) is -0.917. The van der Waals surface area contributed by atoms with Crippen molar-refractivity contribution in [2.24, 2.45) is 0 Å². The molecule has 0 aromatic carbocycles. The van der Waals surface area contributed by atoms with E-state index in [9.17, 15) is 4.39 Å². The highest BCUT2D eigenvalue weighted by Gasteiger charge is 2.02. The van der Waals surface area contributed by atoms with Crippen molar-refractivity contribution < 1.29 is 4.39 Å². The van der Waals surface area contributed by atoms with Crippen molar-refractivity contribution in [3.8, 4) is 11.8 Å². The fourth-order valence-corrected chi connectivity index (χ4v) is 0.0315. The molecule has 0 N–H and O–H groups in total. The van der Waals surface area contributed by atoms with Gasteiger partial charge in [-0.05, 0) is 11.8 Å². The molecule has 0 saturated carbocycles. The van der Waals surface area contributed by atoms with E-state index >= 15 is 0 Å². The molecule has 0 spiro atoms. The van der Waals surface area contributed by atoms with Crippen LogP contribution < -0.4 is 0 Å². The van der Waals surface area contributed by atoms with Crippen molar-refractivity contribution in [3.05, 3.63) is 0 Å². The number of alkyl halides is 1. The monoisotopic (exact) mass is 56.0 g/mol. The van der Waals surface area contributed by atoms with Crippen molar-refractivity contribution in [3.63, 3.8) is 0 Å². The van der Waals surface area contributed by atoms with Crippen LogP contribution in [0.25, 0.3) is 0 Å². The van der Waals surface area contributed by atoms with E-state index in [1.807, 2.05) is 0 Å². The van der Waals surface area contributed by atoms with Crippen molar-refractivity contribution in [2.45, 2.75) is 6.17 Å². The molecule has 0 unspecified atom stereocenters. The summed E-state index contributed by atoms with van der Waals surface area (Å²) in [6.45, 7) is 0. The molecule has 0 nitrogen and oxygen atoms in total. The second-order valence-electron chi connectivity index (χ2n) is 0.651. The van der Waals surface area contributed by atoms with Gasteiger partial charge >= 0.3 is 0 Å². The maximum Gasteiger partial charge on any atom is 0.221 e. The van der Waals surface area contributed by atoms with Crippen LogP contribution in [-0.4, -0.2) is 6.17 Å². The molecule has 1 aliphatic carbocycles. The molecule has 0 radical (unpaired) electrons. The van der Waals surface area contributed by atoms with E-state index in [0.29, 0.717) is 0 Å². The first-order chi connectivity index (χ1) is 1.89. The zero-order valence-corrected chi connectivity index (χ0v) is 1.96. The molecule has 0 aliphatic heterocycles. The van der Waals surface area contributed by atoms with Crippen molar-refractivity contribution in [1.29, 1.82) is 0 Å². The number of hydrogen-bond acceptors (Lipinski definition) is 0. The SMILES string of the molecule is FC1C#C1. The summed E-state index contributed by atoms with van der Waals surface area (Å²) in [4.78, 5) is 0. The Morgan fingerprint density at radius 2 is 1.75 bits per heavy atom. The van der Waals surface area contributed by atoms with Crippen molar-refractivity contribution in [2.75, 3.05) is 0 Å². The third-order valence-corrected chi connectivity index (χ3v) is 0.253. The average molecular weight is 56.0 g/mol. The minimum Gasteiger partial charge on any atom is -0.219 e. The van der Waals surface area contributed by atoms with Crippen molar-refractivity contribution in [1.82, 2.24) is 0 Å². The van der Waals surface area contributed by atoms with Crippen LogP contribution in [0.3, 0.4) is 0 Å². The standard InChI is InChI=1S/C3HF/c4-3-1-2-3/h3H. The van der Waals surface area contributed by atoms with E-state index in [1.165, 1.54) is 0 Å². The molecule has 20 valence electrons. The van der Waals surface area contributed by atoms with E-state index in [1.54, 1.807) is 0 Å². The molecular weight excluding hydrogens is 55.0 g/mol. The van der Waals surface area contributed by atoms with Crippen LogP contribution in [0.5, 0.6) is 0 Å². The zero-order valence-electron chi connectivity index (χ0n) is 1.96. The topological polar surface area (TPSA) is 0 Å². The lowest BCUT2D eigenvalue weighted by molar-refractivity contribution is 0.521. The van der Waals surface area contributed by atoms with Crippen LogP contribution in [0.2, 0.25) is 0 Å². The molecule has 1 heteroatoms. The van der Waals surface area contributed by atoms with Crippen LogP contribution in [-0.2, 0) is 0 Å². The van der Waals surface area contributed by atoms with E-state index in [-0.39, 0.29) is 0 Å². The molecule has 1 aliphatic rings. The van der Waals surface area contributed by atoms with Crippen LogP contribution in [0.1, 0.15) is 0 Å². The third kappa shape index (κ3) is 0.0577. The van der Waals surface area contributed by atoms with Gasteiger partial charge in [-0.25, -0.2) is 4.39 Å². The minimum absolute atomic E-state index is 0.917. The Kier molecular flexibility index (Phi) is 0.122. The van der Waals surface area contributed by atoms with Gasteiger partial charge in [0.2, 0.25) is 6.17 Å². The summed E-state index contributed by atoms with van der Waals surface area (Å²) < 4.78 is 10.9. The van der Waals surface area contributed by atoms with Crippen molar-refractivity contribution >= 4 is 0 Å². The molecule has 0 aromatic heterocycles. The Morgan fingerprint density at radius 3 is 1.75 bits per heavy atom. The largest absolute Gasteiger partial charge is 0.221 e. The van der Waals surface area contributed by atoms with Gasteiger partial charge in [-0.3, -0.25) is 0 Å². The predicted octanol–water partition coefficient (Wildman–Crippen LogP) is 0.342. The van der Waals surface area contributed by atoms with E-state index < -0.39 is 6.17 Å². The molecule has 0 bridgehead atoms. The van der Waals surface area contributed by atoms with Gasteiger partial charge in [0.15, 0.2) is 0 Å². The fraction of sp³-hybridized carbons (Fsp3) is 0.333. The van der Waals surface area contributed by atoms with Gasteiger partial charge in [0, 0.05) is 0 Å². The number of halogens is 1. The smallest absolute Gasteiger partial charge is 0.219 e. The van der Waals surface area contributed by atoms with Gasteiger partial charge in [-0.15, -0.1) is 0 Å². The molecule has 0 saturated heterocycles. The first-order valence-electron chi connectivity index (χ1n) is 1.05.